The molecular formula is C24H22F2N2O3S. The maximum absolute atomic E-state index is 13.4. The Morgan fingerprint density at radius 1 is 1.00 bits per heavy atom. The van der Waals surface area contributed by atoms with Crippen molar-refractivity contribution in [2.24, 2.45) is 0 Å². The summed E-state index contributed by atoms with van der Waals surface area (Å²) in [5.41, 5.74) is 3.04. The van der Waals surface area contributed by atoms with E-state index in [2.05, 4.69) is 16.9 Å². The predicted octanol–water partition coefficient (Wildman–Crippen LogP) is 4.92. The van der Waals surface area contributed by atoms with Crippen molar-refractivity contribution >= 4 is 21.6 Å². The summed E-state index contributed by atoms with van der Waals surface area (Å²) < 4.78 is 53.7. The summed E-state index contributed by atoms with van der Waals surface area (Å²) in [5.74, 6) is -2.54. The molecule has 0 aliphatic heterocycles. The predicted molar refractivity (Wildman–Crippen MR) is 118 cm³/mol. The summed E-state index contributed by atoms with van der Waals surface area (Å²) in [7, 11) is -2.33. The maximum atomic E-state index is 13.4. The number of hydrogen-bond donors (Lipinski definition) is 1. The summed E-state index contributed by atoms with van der Waals surface area (Å²) in [6.07, 6.45) is 2.89. The van der Waals surface area contributed by atoms with Crippen LogP contribution in [0.3, 0.4) is 0 Å². The van der Waals surface area contributed by atoms with E-state index >= 15 is 0 Å². The lowest BCUT2D eigenvalue weighted by atomic mass is 9.87. The molecule has 1 atom stereocenters. The van der Waals surface area contributed by atoms with Crippen LogP contribution in [0.2, 0.25) is 0 Å². The van der Waals surface area contributed by atoms with Crippen LogP contribution in [-0.4, -0.2) is 26.3 Å². The van der Waals surface area contributed by atoms with Crippen molar-refractivity contribution < 1.29 is 22.0 Å². The molecule has 1 amide bonds. The molecule has 0 spiro atoms. The minimum Gasteiger partial charge on any atom is -0.335 e. The smallest absolute Gasteiger partial charge is 0.261 e. The molecule has 0 saturated heterocycles. The molecule has 0 saturated carbocycles. The van der Waals surface area contributed by atoms with Crippen LogP contribution < -0.4 is 4.72 Å². The van der Waals surface area contributed by atoms with Gasteiger partial charge in [0.2, 0.25) is 0 Å². The van der Waals surface area contributed by atoms with E-state index < -0.39 is 26.6 Å². The molecule has 4 rings (SSSR count). The van der Waals surface area contributed by atoms with Gasteiger partial charge in [0, 0.05) is 18.3 Å². The first-order valence-electron chi connectivity index (χ1n) is 10.2. The number of fused-ring (bicyclic) bond motifs is 1. The minimum atomic E-state index is -4.10. The van der Waals surface area contributed by atoms with Crippen LogP contribution in [-0.2, 0) is 16.4 Å². The summed E-state index contributed by atoms with van der Waals surface area (Å²) in [5, 5.41) is 0. The zero-order chi connectivity index (χ0) is 22.9. The standard InChI is InChI=1S/C24H22F2N2O3S/c1-28(23-8-4-6-16-5-2-3-7-20(16)23)24(29)17-9-11-18(12-10-17)27-32(30,31)19-13-14-21(25)22(26)15-19/h2-3,5,7,9-15,23,27H,4,6,8H2,1H3/t23-/m1/s1. The molecule has 166 valence electrons. The number of nitrogens with one attached hydrogen (secondary N) is 1. The van der Waals surface area contributed by atoms with Gasteiger partial charge in [-0.25, -0.2) is 17.2 Å². The number of hydrogen-bond acceptors (Lipinski definition) is 3. The highest BCUT2D eigenvalue weighted by molar-refractivity contribution is 7.92. The third-order valence-electron chi connectivity index (χ3n) is 5.71. The molecule has 0 fully saturated rings. The minimum absolute atomic E-state index is 0.0148. The normalized spacial score (nSPS) is 15.7. The number of benzene rings is 3. The van der Waals surface area contributed by atoms with Crippen LogP contribution >= 0.6 is 0 Å². The number of halogens is 2. The van der Waals surface area contributed by atoms with E-state index in [0.717, 1.165) is 37.0 Å². The fourth-order valence-corrected chi connectivity index (χ4v) is 5.08. The molecular weight excluding hydrogens is 434 g/mol. The van der Waals surface area contributed by atoms with Crippen molar-refractivity contribution in [3.8, 4) is 0 Å². The summed E-state index contributed by atoms with van der Waals surface area (Å²) in [4.78, 5) is 14.4. The average Bonchev–Trinajstić information content (AvgIpc) is 2.79. The SMILES string of the molecule is CN(C(=O)c1ccc(NS(=O)(=O)c2ccc(F)c(F)c2)cc1)[C@@H]1CCCc2ccccc21. The van der Waals surface area contributed by atoms with Crippen molar-refractivity contribution in [1.82, 2.24) is 4.90 Å². The highest BCUT2D eigenvalue weighted by Gasteiger charge is 2.27. The third-order valence-corrected chi connectivity index (χ3v) is 7.09. The van der Waals surface area contributed by atoms with E-state index in [4.69, 9.17) is 0 Å². The lowest BCUT2D eigenvalue weighted by Gasteiger charge is -2.33. The van der Waals surface area contributed by atoms with Crippen LogP contribution in [0.1, 0.15) is 40.4 Å². The second-order valence-electron chi connectivity index (χ2n) is 7.78. The van der Waals surface area contributed by atoms with Gasteiger partial charge >= 0.3 is 0 Å². The van der Waals surface area contributed by atoms with Crippen LogP contribution in [0.15, 0.2) is 71.6 Å². The monoisotopic (exact) mass is 456 g/mol. The van der Waals surface area contributed by atoms with Gasteiger partial charge in [0.1, 0.15) is 0 Å². The van der Waals surface area contributed by atoms with Gasteiger partial charge in [-0.15, -0.1) is 0 Å². The van der Waals surface area contributed by atoms with Crippen molar-refractivity contribution in [3.63, 3.8) is 0 Å². The number of rotatable bonds is 5. The van der Waals surface area contributed by atoms with Gasteiger partial charge < -0.3 is 4.90 Å². The van der Waals surface area contributed by atoms with Crippen molar-refractivity contribution in [3.05, 3.63) is 95.1 Å². The zero-order valence-electron chi connectivity index (χ0n) is 17.4. The van der Waals surface area contributed by atoms with E-state index in [0.29, 0.717) is 11.6 Å². The number of carbonyl (C=O) groups excluding carboxylic acids is 1. The third kappa shape index (κ3) is 4.36. The largest absolute Gasteiger partial charge is 0.335 e. The molecule has 32 heavy (non-hydrogen) atoms. The molecule has 1 aliphatic carbocycles. The molecule has 0 radical (unpaired) electrons. The fourth-order valence-electron chi connectivity index (χ4n) is 4.01. The van der Waals surface area contributed by atoms with Gasteiger partial charge in [0.15, 0.2) is 11.6 Å². The number of aryl methyl sites for hydroxylation is 1. The molecule has 0 unspecified atom stereocenters. The number of amides is 1. The van der Waals surface area contributed by atoms with E-state index in [1.54, 1.807) is 11.9 Å². The van der Waals surface area contributed by atoms with Gasteiger partial charge in [0.05, 0.1) is 10.9 Å². The van der Waals surface area contributed by atoms with E-state index in [-0.39, 0.29) is 17.6 Å². The van der Waals surface area contributed by atoms with Crippen LogP contribution in [0.4, 0.5) is 14.5 Å². The van der Waals surface area contributed by atoms with Gasteiger partial charge in [0.25, 0.3) is 15.9 Å². The Morgan fingerprint density at radius 3 is 2.44 bits per heavy atom. The van der Waals surface area contributed by atoms with E-state index in [1.807, 2.05) is 12.1 Å². The van der Waals surface area contributed by atoms with Gasteiger partial charge in [-0.05, 0) is 72.9 Å². The Kier molecular flexibility index (Phi) is 5.97. The number of sulfonamides is 1. The Hall–Kier alpha value is -3.26. The van der Waals surface area contributed by atoms with Crippen LogP contribution in [0.5, 0.6) is 0 Å². The fraction of sp³-hybridized carbons (Fsp3) is 0.208. The first-order chi connectivity index (χ1) is 15.3. The van der Waals surface area contributed by atoms with Gasteiger partial charge in [-0.1, -0.05) is 24.3 Å². The quantitative estimate of drug-likeness (QED) is 0.593. The van der Waals surface area contributed by atoms with Crippen molar-refractivity contribution in [2.45, 2.75) is 30.2 Å². The summed E-state index contributed by atoms with van der Waals surface area (Å²) >= 11 is 0. The molecule has 8 heteroatoms. The van der Waals surface area contributed by atoms with Crippen molar-refractivity contribution in [2.75, 3.05) is 11.8 Å². The van der Waals surface area contributed by atoms with Crippen LogP contribution in [0.25, 0.3) is 0 Å². The lowest BCUT2D eigenvalue weighted by molar-refractivity contribution is 0.0715. The average molecular weight is 457 g/mol. The second kappa shape index (κ2) is 8.70. The Labute approximate surface area is 185 Å². The molecule has 1 N–H and O–H groups in total. The van der Waals surface area contributed by atoms with Gasteiger partial charge in [-0.3, -0.25) is 9.52 Å². The van der Waals surface area contributed by atoms with Gasteiger partial charge in [-0.2, -0.15) is 0 Å². The second-order valence-corrected chi connectivity index (χ2v) is 9.46. The molecule has 3 aromatic rings. The zero-order valence-corrected chi connectivity index (χ0v) is 18.2. The van der Waals surface area contributed by atoms with Crippen molar-refractivity contribution in [1.29, 1.82) is 0 Å². The maximum Gasteiger partial charge on any atom is 0.261 e. The van der Waals surface area contributed by atoms with E-state index in [1.165, 1.54) is 29.8 Å². The molecule has 0 heterocycles. The molecule has 0 bridgehead atoms. The highest BCUT2D eigenvalue weighted by Crippen LogP contribution is 2.34. The topological polar surface area (TPSA) is 66.5 Å². The molecule has 0 aromatic heterocycles. The Balaban J connectivity index is 1.50. The Morgan fingerprint density at radius 2 is 1.72 bits per heavy atom. The first kappa shape index (κ1) is 22.0. The summed E-state index contributed by atoms with van der Waals surface area (Å²) in [6, 6.07) is 16.5. The first-order valence-corrected chi connectivity index (χ1v) is 11.7. The molecule has 3 aromatic carbocycles. The number of carbonyl (C=O) groups is 1. The molecule has 5 nitrogen and oxygen atoms in total. The Bertz CT molecular complexity index is 1260. The van der Waals surface area contributed by atoms with E-state index in [9.17, 15) is 22.0 Å². The van der Waals surface area contributed by atoms with Crippen LogP contribution in [0, 0.1) is 11.6 Å². The number of nitrogens with zero attached hydrogens (tertiary/aromatic N) is 1. The number of anilines is 1. The lowest BCUT2D eigenvalue weighted by Crippen LogP contribution is -2.33. The molecule has 1 aliphatic rings. The highest BCUT2D eigenvalue weighted by atomic mass is 32.2. The summed E-state index contributed by atoms with van der Waals surface area (Å²) in [6.45, 7) is 0.